The minimum atomic E-state index is -0.0318. The number of nitrogens with two attached hydrogens (primary N) is 1. The van der Waals surface area contributed by atoms with Crippen LogP contribution in [-0.2, 0) is 5.54 Å². The van der Waals surface area contributed by atoms with Gasteiger partial charge >= 0.3 is 0 Å². The van der Waals surface area contributed by atoms with Crippen LogP contribution < -0.4 is 5.73 Å². The SMILES string of the molecule is CC(C)(C)C1CCC(N)(c2cccs2)CC1. The highest BCUT2D eigenvalue weighted by molar-refractivity contribution is 7.10. The molecule has 0 aliphatic heterocycles. The Morgan fingerprint density at radius 3 is 2.38 bits per heavy atom. The van der Waals surface area contributed by atoms with Gasteiger partial charge in [0.2, 0.25) is 0 Å². The van der Waals surface area contributed by atoms with Crippen LogP contribution in [0.15, 0.2) is 17.5 Å². The van der Waals surface area contributed by atoms with Crippen LogP contribution in [0.3, 0.4) is 0 Å². The highest BCUT2D eigenvalue weighted by atomic mass is 32.1. The Kier molecular flexibility index (Phi) is 3.15. The normalized spacial score (nSPS) is 31.6. The molecule has 1 nitrogen and oxygen atoms in total. The Morgan fingerprint density at radius 2 is 1.94 bits per heavy atom. The monoisotopic (exact) mass is 237 g/mol. The van der Waals surface area contributed by atoms with Crippen molar-refractivity contribution < 1.29 is 0 Å². The topological polar surface area (TPSA) is 26.0 Å². The lowest BCUT2D eigenvalue weighted by atomic mass is 9.67. The van der Waals surface area contributed by atoms with Gasteiger partial charge in [0.05, 0.1) is 5.54 Å². The van der Waals surface area contributed by atoms with Crippen molar-refractivity contribution in [2.45, 2.75) is 52.0 Å². The van der Waals surface area contributed by atoms with Gasteiger partial charge in [-0.1, -0.05) is 26.8 Å². The van der Waals surface area contributed by atoms with Crippen LogP contribution in [-0.4, -0.2) is 0 Å². The van der Waals surface area contributed by atoms with E-state index in [1.165, 1.54) is 17.7 Å². The third-order valence-corrected chi connectivity index (χ3v) is 5.20. The fraction of sp³-hybridized carbons (Fsp3) is 0.714. The molecule has 0 amide bonds. The van der Waals surface area contributed by atoms with Crippen molar-refractivity contribution in [3.8, 4) is 0 Å². The number of hydrogen-bond donors (Lipinski definition) is 1. The van der Waals surface area contributed by atoms with Crippen molar-refractivity contribution in [2.24, 2.45) is 17.1 Å². The van der Waals surface area contributed by atoms with E-state index in [-0.39, 0.29) is 5.54 Å². The van der Waals surface area contributed by atoms with E-state index in [0.29, 0.717) is 5.41 Å². The number of hydrogen-bond acceptors (Lipinski definition) is 2. The Labute approximate surface area is 103 Å². The summed E-state index contributed by atoms with van der Waals surface area (Å²) in [5, 5.41) is 2.14. The molecule has 0 spiro atoms. The van der Waals surface area contributed by atoms with E-state index in [1.807, 2.05) is 11.3 Å². The molecule has 16 heavy (non-hydrogen) atoms. The predicted octanol–water partition coefficient (Wildman–Crippen LogP) is 4.14. The van der Waals surface area contributed by atoms with Crippen molar-refractivity contribution in [1.82, 2.24) is 0 Å². The van der Waals surface area contributed by atoms with Gasteiger partial charge in [-0.2, -0.15) is 0 Å². The fourth-order valence-corrected chi connectivity index (χ4v) is 3.71. The lowest BCUT2D eigenvalue weighted by molar-refractivity contribution is 0.135. The Bertz CT molecular complexity index is 326. The van der Waals surface area contributed by atoms with Gasteiger partial charge in [0.1, 0.15) is 0 Å². The largest absolute Gasteiger partial charge is 0.321 e. The molecule has 1 saturated carbocycles. The molecule has 1 heterocycles. The highest BCUT2D eigenvalue weighted by Crippen LogP contribution is 2.45. The van der Waals surface area contributed by atoms with Crippen LogP contribution in [0.4, 0.5) is 0 Å². The van der Waals surface area contributed by atoms with Crippen molar-refractivity contribution in [2.75, 3.05) is 0 Å². The maximum absolute atomic E-state index is 6.54. The first-order chi connectivity index (χ1) is 7.42. The van der Waals surface area contributed by atoms with E-state index in [9.17, 15) is 0 Å². The van der Waals surface area contributed by atoms with Gasteiger partial charge in [-0.05, 0) is 48.5 Å². The predicted molar refractivity (Wildman–Crippen MR) is 71.6 cm³/mol. The Hall–Kier alpha value is -0.340. The molecule has 1 aliphatic rings. The first-order valence-corrected chi connectivity index (χ1v) is 7.13. The maximum atomic E-state index is 6.54. The second-order valence-electron chi connectivity index (χ2n) is 6.27. The third kappa shape index (κ3) is 2.33. The molecule has 0 unspecified atom stereocenters. The second kappa shape index (κ2) is 4.15. The lowest BCUT2D eigenvalue weighted by Crippen LogP contribution is -2.41. The standard InChI is InChI=1S/C14H23NS/c1-13(2,3)11-6-8-14(15,9-7-11)12-5-4-10-16-12/h4-5,10-11H,6-9,15H2,1-3H3. The van der Waals surface area contributed by atoms with Crippen LogP contribution in [0, 0.1) is 11.3 Å². The van der Waals surface area contributed by atoms with E-state index < -0.39 is 0 Å². The van der Waals surface area contributed by atoms with Crippen LogP contribution in [0.25, 0.3) is 0 Å². The van der Waals surface area contributed by atoms with Gasteiger partial charge in [-0.3, -0.25) is 0 Å². The van der Waals surface area contributed by atoms with Crippen LogP contribution >= 0.6 is 11.3 Å². The molecule has 2 heteroatoms. The van der Waals surface area contributed by atoms with Gasteiger partial charge < -0.3 is 5.73 Å². The van der Waals surface area contributed by atoms with Crippen molar-refractivity contribution in [3.63, 3.8) is 0 Å². The third-order valence-electron chi connectivity index (χ3n) is 4.11. The minimum absolute atomic E-state index is 0.0318. The molecule has 0 atom stereocenters. The lowest BCUT2D eigenvalue weighted by Gasteiger charge is -2.41. The van der Waals surface area contributed by atoms with E-state index in [2.05, 4.69) is 38.3 Å². The molecule has 1 aromatic heterocycles. The summed E-state index contributed by atoms with van der Waals surface area (Å²) < 4.78 is 0. The fourth-order valence-electron chi connectivity index (χ4n) is 2.81. The molecule has 1 fully saturated rings. The van der Waals surface area contributed by atoms with Gasteiger partial charge in [0, 0.05) is 4.88 Å². The molecular weight excluding hydrogens is 214 g/mol. The van der Waals surface area contributed by atoms with E-state index in [0.717, 1.165) is 18.8 Å². The summed E-state index contributed by atoms with van der Waals surface area (Å²) in [5.41, 5.74) is 6.95. The first-order valence-electron chi connectivity index (χ1n) is 6.25. The summed E-state index contributed by atoms with van der Waals surface area (Å²) in [7, 11) is 0. The summed E-state index contributed by atoms with van der Waals surface area (Å²) in [6.45, 7) is 7.06. The molecule has 0 aromatic carbocycles. The first kappa shape index (κ1) is 12.1. The van der Waals surface area contributed by atoms with Gasteiger partial charge in [0.25, 0.3) is 0 Å². The quantitative estimate of drug-likeness (QED) is 0.780. The zero-order valence-electron chi connectivity index (χ0n) is 10.6. The minimum Gasteiger partial charge on any atom is -0.321 e. The molecule has 1 aliphatic carbocycles. The zero-order valence-corrected chi connectivity index (χ0v) is 11.4. The summed E-state index contributed by atoms with van der Waals surface area (Å²) in [6, 6.07) is 4.31. The van der Waals surface area contributed by atoms with Gasteiger partial charge in [0.15, 0.2) is 0 Å². The summed E-state index contributed by atoms with van der Waals surface area (Å²) in [4.78, 5) is 1.37. The molecule has 2 N–H and O–H groups in total. The Morgan fingerprint density at radius 1 is 1.31 bits per heavy atom. The van der Waals surface area contributed by atoms with Gasteiger partial charge in [-0.15, -0.1) is 11.3 Å². The molecule has 90 valence electrons. The molecule has 0 bridgehead atoms. The number of rotatable bonds is 1. The molecular formula is C14H23NS. The Balaban J connectivity index is 2.05. The van der Waals surface area contributed by atoms with Crippen LogP contribution in [0.2, 0.25) is 0 Å². The van der Waals surface area contributed by atoms with Gasteiger partial charge in [-0.25, -0.2) is 0 Å². The highest BCUT2D eigenvalue weighted by Gasteiger charge is 2.37. The van der Waals surface area contributed by atoms with Crippen molar-refractivity contribution in [1.29, 1.82) is 0 Å². The average molecular weight is 237 g/mol. The maximum Gasteiger partial charge on any atom is 0.0503 e. The number of thiophene rings is 1. The van der Waals surface area contributed by atoms with Crippen LogP contribution in [0.5, 0.6) is 0 Å². The summed E-state index contributed by atoms with van der Waals surface area (Å²) in [6.07, 6.45) is 4.85. The van der Waals surface area contributed by atoms with Crippen LogP contribution in [0.1, 0.15) is 51.3 Å². The molecule has 0 saturated heterocycles. The van der Waals surface area contributed by atoms with E-state index in [1.54, 1.807) is 0 Å². The zero-order chi connectivity index (χ0) is 11.8. The molecule has 1 aromatic rings. The second-order valence-corrected chi connectivity index (χ2v) is 7.22. The smallest absolute Gasteiger partial charge is 0.0503 e. The average Bonchev–Trinajstić information content (AvgIpc) is 2.70. The molecule has 0 radical (unpaired) electrons. The van der Waals surface area contributed by atoms with E-state index >= 15 is 0 Å². The summed E-state index contributed by atoms with van der Waals surface area (Å²) >= 11 is 1.81. The van der Waals surface area contributed by atoms with Crippen molar-refractivity contribution >= 4 is 11.3 Å². The van der Waals surface area contributed by atoms with Crippen molar-refractivity contribution in [3.05, 3.63) is 22.4 Å². The summed E-state index contributed by atoms with van der Waals surface area (Å²) in [5.74, 6) is 0.837. The molecule has 2 rings (SSSR count). The van der Waals surface area contributed by atoms with E-state index in [4.69, 9.17) is 5.73 Å².